The molecule has 1 saturated heterocycles. The summed E-state index contributed by atoms with van der Waals surface area (Å²) in [6.07, 6.45) is 0.276. The molecule has 2 aromatic rings. The van der Waals surface area contributed by atoms with E-state index in [1.54, 1.807) is 11.3 Å². The lowest BCUT2D eigenvalue weighted by Crippen LogP contribution is -2.26. The molecule has 1 aliphatic heterocycles. The van der Waals surface area contributed by atoms with Gasteiger partial charge >= 0.3 is 0 Å². The van der Waals surface area contributed by atoms with Crippen molar-refractivity contribution in [1.29, 1.82) is 0 Å². The van der Waals surface area contributed by atoms with Gasteiger partial charge in [-0.25, -0.2) is 0 Å². The molecule has 32 heavy (non-hydrogen) atoms. The van der Waals surface area contributed by atoms with Gasteiger partial charge in [-0.15, -0.1) is 11.8 Å². The second-order valence-electron chi connectivity index (χ2n) is 8.93. The van der Waals surface area contributed by atoms with Gasteiger partial charge in [0.1, 0.15) is 24.6 Å². The quantitative estimate of drug-likeness (QED) is 0.173. The number of benzene rings is 1. The zero-order valence-electron chi connectivity index (χ0n) is 19.9. The minimum absolute atomic E-state index is 0.0193. The Balaban J connectivity index is 1.65. The molecule has 3 nitrogen and oxygen atoms in total. The summed E-state index contributed by atoms with van der Waals surface area (Å²) in [5.41, 5.74) is 5.12. The van der Waals surface area contributed by atoms with Gasteiger partial charge in [0.25, 0.3) is 0 Å². The molecule has 2 heterocycles. The minimum Gasteiger partial charge on any atom is -0.491 e. The molecule has 2 atom stereocenters. The Morgan fingerprint density at radius 1 is 1.16 bits per heavy atom. The Morgan fingerprint density at radius 3 is 2.41 bits per heavy atom. The van der Waals surface area contributed by atoms with E-state index < -0.39 is 0 Å². The van der Waals surface area contributed by atoms with E-state index in [1.165, 1.54) is 21.6 Å². The monoisotopic (exact) mass is 472 g/mol. The number of thioether (sulfide) groups is 1. The van der Waals surface area contributed by atoms with Crippen LogP contribution in [0.3, 0.4) is 0 Å². The highest BCUT2D eigenvalue weighted by Gasteiger charge is 2.25. The van der Waals surface area contributed by atoms with E-state index in [2.05, 4.69) is 82.3 Å². The van der Waals surface area contributed by atoms with Crippen molar-refractivity contribution in [3.8, 4) is 5.75 Å². The largest absolute Gasteiger partial charge is 0.491 e. The fourth-order valence-corrected chi connectivity index (χ4v) is 5.61. The maximum absolute atomic E-state index is 6.13. The summed E-state index contributed by atoms with van der Waals surface area (Å²) in [5, 5.41) is 4.27. The number of thiophene rings is 1. The number of ether oxygens (including phenoxy) is 3. The van der Waals surface area contributed by atoms with Gasteiger partial charge in [0.2, 0.25) is 0 Å². The molecule has 0 N–H and O–H groups in total. The van der Waals surface area contributed by atoms with E-state index in [0.29, 0.717) is 25.0 Å². The summed E-state index contributed by atoms with van der Waals surface area (Å²) in [6.45, 7) is 17.3. The summed E-state index contributed by atoms with van der Waals surface area (Å²) in [7, 11) is 0. The van der Waals surface area contributed by atoms with Gasteiger partial charge < -0.3 is 14.2 Å². The fraction of sp³-hybridized carbons (Fsp3) is 0.481. The Bertz CT molecular complexity index is 878. The van der Waals surface area contributed by atoms with Gasteiger partial charge in [-0.05, 0) is 59.0 Å². The molecule has 0 amide bonds. The normalized spacial score (nSPS) is 17.4. The number of hydrogen-bond acceptors (Lipinski definition) is 5. The fourth-order valence-electron chi connectivity index (χ4n) is 3.83. The highest BCUT2D eigenvalue weighted by Crippen LogP contribution is 2.34. The molecular formula is C27H36O3S2. The summed E-state index contributed by atoms with van der Waals surface area (Å²) < 4.78 is 17.5. The van der Waals surface area contributed by atoms with Crippen LogP contribution >= 0.6 is 23.1 Å². The number of epoxide rings is 1. The van der Waals surface area contributed by atoms with Crippen molar-refractivity contribution >= 4 is 28.7 Å². The second kappa shape index (κ2) is 12.1. The SMILES string of the molecule is C=C(C)/C(=C(/c1ccc(OCC(CSc2ccsc2)OCC2CO2)cc1)C(C)C)C(C)C. The van der Waals surface area contributed by atoms with Crippen molar-refractivity contribution in [2.45, 2.75) is 51.7 Å². The molecule has 0 radical (unpaired) electrons. The first-order valence-electron chi connectivity index (χ1n) is 11.4. The third-order valence-electron chi connectivity index (χ3n) is 5.36. The molecule has 1 fully saturated rings. The van der Waals surface area contributed by atoms with Crippen LogP contribution in [-0.4, -0.2) is 37.8 Å². The van der Waals surface area contributed by atoms with Crippen LogP contribution in [0, 0.1) is 11.8 Å². The van der Waals surface area contributed by atoms with Gasteiger partial charge in [0.15, 0.2) is 0 Å². The molecule has 1 aliphatic rings. The van der Waals surface area contributed by atoms with E-state index in [0.717, 1.165) is 23.7 Å². The third kappa shape index (κ3) is 7.51. The zero-order valence-corrected chi connectivity index (χ0v) is 21.6. The molecule has 1 aromatic carbocycles. The van der Waals surface area contributed by atoms with Crippen LogP contribution in [0.2, 0.25) is 0 Å². The second-order valence-corrected chi connectivity index (χ2v) is 10.8. The molecular weight excluding hydrogens is 436 g/mol. The van der Waals surface area contributed by atoms with Crippen molar-refractivity contribution in [3.63, 3.8) is 0 Å². The van der Waals surface area contributed by atoms with Crippen LogP contribution in [0.4, 0.5) is 0 Å². The van der Waals surface area contributed by atoms with Crippen molar-refractivity contribution in [2.24, 2.45) is 11.8 Å². The smallest absolute Gasteiger partial charge is 0.119 e. The third-order valence-corrected chi connectivity index (χ3v) is 7.32. The molecule has 0 aliphatic carbocycles. The van der Waals surface area contributed by atoms with Gasteiger partial charge in [0.05, 0.1) is 13.2 Å². The van der Waals surface area contributed by atoms with Crippen molar-refractivity contribution in [2.75, 3.05) is 25.6 Å². The van der Waals surface area contributed by atoms with Crippen LogP contribution in [0.25, 0.3) is 5.57 Å². The maximum Gasteiger partial charge on any atom is 0.119 e. The predicted octanol–water partition coefficient (Wildman–Crippen LogP) is 7.34. The average Bonchev–Trinajstić information content (AvgIpc) is 3.43. The zero-order chi connectivity index (χ0) is 23.1. The van der Waals surface area contributed by atoms with Gasteiger partial charge in [-0.1, -0.05) is 52.0 Å². The Kier molecular flexibility index (Phi) is 9.47. The van der Waals surface area contributed by atoms with Crippen molar-refractivity contribution in [1.82, 2.24) is 0 Å². The van der Waals surface area contributed by atoms with Crippen LogP contribution < -0.4 is 4.74 Å². The highest BCUT2D eigenvalue weighted by molar-refractivity contribution is 7.99. The molecule has 174 valence electrons. The lowest BCUT2D eigenvalue weighted by Gasteiger charge is -2.23. The summed E-state index contributed by atoms with van der Waals surface area (Å²) in [6, 6.07) is 10.6. The predicted molar refractivity (Wildman–Crippen MR) is 138 cm³/mol. The first-order valence-corrected chi connectivity index (χ1v) is 13.3. The molecule has 5 heteroatoms. The highest BCUT2D eigenvalue weighted by atomic mass is 32.2. The Labute approximate surface area is 201 Å². The Morgan fingerprint density at radius 2 is 1.88 bits per heavy atom. The molecule has 0 saturated carbocycles. The molecule has 1 aromatic heterocycles. The lowest BCUT2D eigenvalue weighted by atomic mass is 9.83. The first kappa shape index (κ1) is 25.1. The van der Waals surface area contributed by atoms with E-state index in [4.69, 9.17) is 14.2 Å². The standard InChI is InChI=1S/C27H36O3S2/c1-18(2)26(19(3)4)27(20(5)6)21-7-9-22(10-8-21)28-15-24(30-14-23-13-29-23)16-32-25-11-12-31-17-25/h7-12,17,19-20,23-24H,1,13-16H2,2-6H3/b27-26-. The maximum atomic E-state index is 6.13. The summed E-state index contributed by atoms with van der Waals surface area (Å²) in [5.74, 6) is 2.59. The number of rotatable bonds is 13. The van der Waals surface area contributed by atoms with E-state index in [9.17, 15) is 0 Å². The topological polar surface area (TPSA) is 31.0 Å². The lowest BCUT2D eigenvalue weighted by molar-refractivity contribution is 0.0270. The minimum atomic E-state index is 0.0193. The summed E-state index contributed by atoms with van der Waals surface area (Å²) >= 11 is 3.53. The van der Waals surface area contributed by atoms with Gasteiger partial charge in [0, 0.05) is 16.0 Å². The van der Waals surface area contributed by atoms with Gasteiger partial charge in [-0.2, -0.15) is 11.3 Å². The van der Waals surface area contributed by atoms with Crippen LogP contribution in [-0.2, 0) is 9.47 Å². The molecule has 0 bridgehead atoms. The molecule has 0 spiro atoms. The van der Waals surface area contributed by atoms with Crippen molar-refractivity contribution < 1.29 is 14.2 Å². The number of hydrogen-bond donors (Lipinski definition) is 0. The Hall–Kier alpha value is -1.53. The van der Waals surface area contributed by atoms with Crippen LogP contribution in [0.1, 0.15) is 40.2 Å². The van der Waals surface area contributed by atoms with E-state index in [-0.39, 0.29) is 12.2 Å². The van der Waals surface area contributed by atoms with Crippen LogP contribution in [0.15, 0.2) is 63.7 Å². The average molecular weight is 473 g/mol. The summed E-state index contributed by atoms with van der Waals surface area (Å²) in [4.78, 5) is 1.28. The van der Waals surface area contributed by atoms with E-state index in [1.807, 2.05) is 11.8 Å². The molecule has 3 rings (SSSR count). The van der Waals surface area contributed by atoms with Crippen LogP contribution in [0.5, 0.6) is 5.75 Å². The number of allylic oxidation sites excluding steroid dienone is 3. The van der Waals surface area contributed by atoms with E-state index >= 15 is 0 Å². The van der Waals surface area contributed by atoms with Gasteiger partial charge in [-0.3, -0.25) is 0 Å². The van der Waals surface area contributed by atoms with Crippen molar-refractivity contribution in [3.05, 3.63) is 64.4 Å². The first-order chi connectivity index (χ1) is 15.3. The molecule has 2 unspecified atom stereocenters.